The molecule has 1 rings (SSSR count). The summed E-state index contributed by atoms with van der Waals surface area (Å²) in [5, 5.41) is 9.03. The number of rotatable bonds is 7. The summed E-state index contributed by atoms with van der Waals surface area (Å²) < 4.78 is 0. The minimum absolute atomic E-state index is 0.129. The summed E-state index contributed by atoms with van der Waals surface area (Å²) in [6, 6.07) is 0.414. The van der Waals surface area contributed by atoms with E-state index >= 15 is 0 Å². The van der Waals surface area contributed by atoms with Gasteiger partial charge in [-0.1, -0.05) is 13.8 Å². The Morgan fingerprint density at radius 3 is 2.38 bits per heavy atom. The lowest BCUT2D eigenvalue weighted by atomic mass is 10.1. The summed E-state index contributed by atoms with van der Waals surface area (Å²) in [6.07, 6.45) is 3.20. The molecule has 1 heterocycles. The zero-order valence-electron chi connectivity index (χ0n) is 10.5. The van der Waals surface area contributed by atoms with Gasteiger partial charge in [-0.3, -0.25) is 9.69 Å². The Hall–Kier alpha value is -0.610. The van der Waals surface area contributed by atoms with Crippen molar-refractivity contribution in [1.29, 1.82) is 0 Å². The Bertz CT molecular complexity index is 213. The second-order valence-electron chi connectivity index (χ2n) is 4.40. The van der Waals surface area contributed by atoms with Crippen molar-refractivity contribution in [3.8, 4) is 0 Å². The highest BCUT2D eigenvalue weighted by molar-refractivity contribution is 5.78. The minimum Gasteiger partial charge on any atom is -0.395 e. The van der Waals surface area contributed by atoms with E-state index < -0.39 is 0 Å². The third kappa shape index (κ3) is 3.46. The predicted molar refractivity (Wildman–Crippen MR) is 64.2 cm³/mol. The molecule has 1 aliphatic rings. The number of nitrogens with zero attached hydrogens (tertiary/aromatic N) is 2. The predicted octanol–water partition coefficient (Wildman–Crippen LogP) is 0.702. The quantitative estimate of drug-likeness (QED) is 0.697. The van der Waals surface area contributed by atoms with E-state index in [1.807, 2.05) is 4.90 Å². The first-order valence-corrected chi connectivity index (χ1v) is 6.35. The molecule has 0 aliphatic carbocycles. The molecule has 0 aromatic carbocycles. The van der Waals surface area contributed by atoms with Crippen LogP contribution in [0.5, 0.6) is 0 Å². The van der Waals surface area contributed by atoms with Crippen LogP contribution in [-0.2, 0) is 4.79 Å². The third-order valence-electron chi connectivity index (χ3n) is 3.39. The van der Waals surface area contributed by atoms with Crippen molar-refractivity contribution in [3.63, 3.8) is 0 Å². The summed E-state index contributed by atoms with van der Waals surface area (Å²) in [5.41, 5.74) is 0. The molecule has 0 aromatic rings. The maximum Gasteiger partial charge on any atom is 0.236 e. The largest absolute Gasteiger partial charge is 0.395 e. The molecular formula is C12H24N2O2. The van der Waals surface area contributed by atoms with Gasteiger partial charge in [0.1, 0.15) is 0 Å². The van der Waals surface area contributed by atoms with Crippen LogP contribution in [0.3, 0.4) is 0 Å². The molecule has 1 N–H and O–H groups in total. The molecule has 1 amide bonds. The van der Waals surface area contributed by atoms with Crippen molar-refractivity contribution in [2.24, 2.45) is 0 Å². The van der Waals surface area contributed by atoms with Gasteiger partial charge >= 0.3 is 0 Å². The fourth-order valence-corrected chi connectivity index (χ4v) is 2.16. The van der Waals surface area contributed by atoms with Gasteiger partial charge in [0, 0.05) is 25.7 Å². The van der Waals surface area contributed by atoms with Crippen LogP contribution in [0.2, 0.25) is 0 Å². The van der Waals surface area contributed by atoms with Crippen LogP contribution in [0.25, 0.3) is 0 Å². The zero-order chi connectivity index (χ0) is 12.0. The lowest BCUT2D eigenvalue weighted by Gasteiger charge is -2.35. The number of aliphatic hydroxyl groups excluding tert-OH is 1. The second-order valence-corrected chi connectivity index (χ2v) is 4.40. The van der Waals surface area contributed by atoms with Gasteiger partial charge in [-0.15, -0.1) is 0 Å². The highest BCUT2D eigenvalue weighted by Gasteiger charge is 2.24. The van der Waals surface area contributed by atoms with Crippen molar-refractivity contribution >= 4 is 5.91 Å². The Kier molecular flexibility index (Phi) is 5.77. The molecule has 4 nitrogen and oxygen atoms in total. The molecule has 1 aliphatic heterocycles. The van der Waals surface area contributed by atoms with E-state index in [1.165, 1.54) is 0 Å². The number of likely N-dealkylation sites (tertiary alicyclic amines) is 1. The highest BCUT2D eigenvalue weighted by Crippen LogP contribution is 2.11. The monoisotopic (exact) mass is 228 g/mol. The van der Waals surface area contributed by atoms with E-state index in [9.17, 15) is 4.79 Å². The smallest absolute Gasteiger partial charge is 0.236 e. The second kappa shape index (κ2) is 6.86. The van der Waals surface area contributed by atoms with E-state index in [0.29, 0.717) is 19.1 Å². The molecule has 1 fully saturated rings. The number of hydrogen-bond acceptors (Lipinski definition) is 3. The van der Waals surface area contributed by atoms with E-state index in [-0.39, 0.29) is 12.5 Å². The summed E-state index contributed by atoms with van der Waals surface area (Å²) >= 11 is 0. The lowest BCUT2D eigenvalue weighted by Crippen LogP contribution is -2.49. The summed E-state index contributed by atoms with van der Waals surface area (Å²) in [4.78, 5) is 15.9. The molecular weight excluding hydrogens is 204 g/mol. The summed E-state index contributed by atoms with van der Waals surface area (Å²) in [5.74, 6) is 0.214. The molecule has 16 heavy (non-hydrogen) atoms. The Balaban J connectivity index is 2.44. The van der Waals surface area contributed by atoms with E-state index in [2.05, 4.69) is 18.7 Å². The molecule has 4 heteroatoms. The van der Waals surface area contributed by atoms with Crippen LogP contribution in [0.15, 0.2) is 0 Å². The van der Waals surface area contributed by atoms with Crippen LogP contribution < -0.4 is 0 Å². The summed E-state index contributed by atoms with van der Waals surface area (Å²) in [6.45, 7) is 7.28. The lowest BCUT2D eigenvalue weighted by molar-refractivity contribution is -0.136. The van der Waals surface area contributed by atoms with Crippen LogP contribution >= 0.6 is 0 Å². The Labute approximate surface area is 98.2 Å². The van der Waals surface area contributed by atoms with Gasteiger partial charge < -0.3 is 10.0 Å². The number of amides is 1. The first kappa shape index (κ1) is 13.5. The Morgan fingerprint density at radius 1 is 1.38 bits per heavy atom. The number of aliphatic hydroxyl groups is 1. The molecule has 0 bridgehead atoms. The number of carbonyl (C=O) groups is 1. The zero-order valence-corrected chi connectivity index (χ0v) is 10.5. The molecule has 0 atom stereocenters. The topological polar surface area (TPSA) is 43.8 Å². The molecule has 0 radical (unpaired) electrons. The minimum atomic E-state index is 0.129. The van der Waals surface area contributed by atoms with Crippen molar-refractivity contribution in [2.45, 2.75) is 39.2 Å². The highest BCUT2D eigenvalue weighted by atomic mass is 16.3. The van der Waals surface area contributed by atoms with Gasteiger partial charge in [0.2, 0.25) is 5.91 Å². The first-order chi connectivity index (χ1) is 7.72. The first-order valence-electron chi connectivity index (χ1n) is 6.35. The maximum atomic E-state index is 11.8. The molecule has 0 aromatic heterocycles. The van der Waals surface area contributed by atoms with E-state index in [4.69, 9.17) is 5.11 Å². The molecule has 0 spiro atoms. The van der Waals surface area contributed by atoms with E-state index in [1.54, 1.807) is 0 Å². The van der Waals surface area contributed by atoms with Crippen molar-refractivity contribution in [1.82, 2.24) is 9.80 Å². The molecule has 0 saturated carbocycles. The Morgan fingerprint density at radius 2 is 2.00 bits per heavy atom. The van der Waals surface area contributed by atoms with Gasteiger partial charge in [-0.2, -0.15) is 0 Å². The van der Waals surface area contributed by atoms with E-state index in [0.717, 1.165) is 32.4 Å². The average Bonchev–Trinajstić information content (AvgIpc) is 2.17. The SMILES string of the molecule is CCC(CC)N(CCO)CC(=O)N1CCC1. The maximum absolute atomic E-state index is 11.8. The standard InChI is InChI=1S/C12H24N2O2/c1-3-11(4-2)14(8-9-15)10-12(16)13-6-5-7-13/h11,15H,3-10H2,1-2H3. The average molecular weight is 228 g/mol. The number of carbonyl (C=O) groups excluding carboxylic acids is 1. The van der Waals surface area contributed by atoms with Crippen molar-refractivity contribution in [3.05, 3.63) is 0 Å². The third-order valence-corrected chi connectivity index (χ3v) is 3.39. The van der Waals surface area contributed by atoms with Crippen LogP contribution in [0, 0.1) is 0 Å². The molecule has 94 valence electrons. The number of hydrogen-bond donors (Lipinski definition) is 1. The van der Waals surface area contributed by atoms with Crippen molar-refractivity contribution in [2.75, 3.05) is 32.8 Å². The van der Waals surface area contributed by atoms with Crippen LogP contribution in [0.1, 0.15) is 33.1 Å². The normalized spacial score (nSPS) is 15.7. The van der Waals surface area contributed by atoms with Gasteiger partial charge in [0.05, 0.1) is 13.2 Å². The van der Waals surface area contributed by atoms with Crippen molar-refractivity contribution < 1.29 is 9.90 Å². The van der Waals surface area contributed by atoms with Crippen LogP contribution in [0.4, 0.5) is 0 Å². The van der Waals surface area contributed by atoms with Crippen LogP contribution in [-0.4, -0.2) is 59.6 Å². The van der Waals surface area contributed by atoms with Gasteiger partial charge in [-0.05, 0) is 19.3 Å². The van der Waals surface area contributed by atoms with Gasteiger partial charge in [0.25, 0.3) is 0 Å². The molecule has 0 unspecified atom stereocenters. The van der Waals surface area contributed by atoms with Gasteiger partial charge in [0.15, 0.2) is 0 Å². The fourth-order valence-electron chi connectivity index (χ4n) is 2.16. The summed E-state index contributed by atoms with van der Waals surface area (Å²) in [7, 11) is 0. The molecule has 1 saturated heterocycles. The van der Waals surface area contributed by atoms with Gasteiger partial charge in [-0.25, -0.2) is 0 Å². The fraction of sp³-hybridized carbons (Fsp3) is 0.917.